The lowest BCUT2D eigenvalue weighted by atomic mass is 10.2. The monoisotopic (exact) mass is 465 g/mol. The van der Waals surface area contributed by atoms with E-state index in [0.29, 0.717) is 18.2 Å². The lowest BCUT2D eigenvalue weighted by molar-refractivity contribution is 0.108. The zero-order valence-electron chi connectivity index (χ0n) is 15.7. The molecule has 1 aromatic rings. The van der Waals surface area contributed by atoms with Gasteiger partial charge < -0.3 is 25.2 Å². The Hall–Kier alpha value is -1.22. The fraction of sp³-hybridized carbons (Fsp3) is 0.611. The van der Waals surface area contributed by atoms with E-state index in [4.69, 9.17) is 9.47 Å². The third kappa shape index (κ3) is 10.4. The fourth-order valence-electron chi connectivity index (χ4n) is 2.02. The number of hydrogen-bond donors (Lipinski definition) is 3. The van der Waals surface area contributed by atoms with Gasteiger partial charge >= 0.3 is 0 Å². The first-order valence-corrected chi connectivity index (χ1v) is 8.52. The molecule has 0 spiro atoms. The minimum absolute atomic E-state index is 0. The van der Waals surface area contributed by atoms with Crippen LogP contribution >= 0.6 is 24.0 Å². The molecule has 144 valence electrons. The summed E-state index contributed by atoms with van der Waals surface area (Å²) in [4.78, 5) is 4.50. The predicted octanol–water partition coefficient (Wildman–Crippen LogP) is 3.14. The number of rotatable bonds is 10. The van der Waals surface area contributed by atoms with Crippen molar-refractivity contribution in [3.63, 3.8) is 0 Å². The second kappa shape index (κ2) is 14.0. The summed E-state index contributed by atoms with van der Waals surface area (Å²) in [6.07, 6.45) is 0.918. The predicted molar refractivity (Wildman–Crippen MR) is 113 cm³/mol. The van der Waals surface area contributed by atoms with Gasteiger partial charge in [-0.2, -0.15) is 0 Å². The number of guanidine groups is 1. The highest BCUT2D eigenvalue weighted by Crippen LogP contribution is 2.23. The van der Waals surface area contributed by atoms with E-state index in [2.05, 4.69) is 29.5 Å². The summed E-state index contributed by atoms with van der Waals surface area (Å²) in [7, 11) is 1.60. The zero-order valence-corrected chi connectivity index (χ0v) is 18.0. The van der Waals surface area contributed by atoms with Gasteiger partial charge in [-0.25, -0.2) is 4.99 Å². The largest absolute Gasteiger partial charge is 0.508 e. The summed E-state index contributed by atoms with van der Waals surface area (Å²) in [6.45, 7) is 9.77. The second-order valence-corrected chi connectivity index (χ2v) is 5.94. The van der Waals surface area contributed by atoms with Crippen molar-refractivity contribution >= 4 is 29.9 Å². The van der Waals surface area contributed by atoms with Crippen LogP contribution in [-0.4, -0.2) is 44.5 Å². The molecule has 0 aliphatic rings. The van der Waals surface area contributed by atoms with Gasteiger partial charge in [-0.1, -0.05) is 13.8 Å². The van der Waals surface area contributed by atoms with Gasteiger partial charge in [0.05, 0.1) is 13.7 Å². The third-order valence-electron chi connectivity index (χ3n) is 3.25. The molecule has 6 nitrogen and oxygen atoms in total. The zero-order chi connectivity index (χ0) is 17.8. The van der Waals surface area contributed by atoms with Gasteiger partial charge in [0.1, 0.15) is 11.5 Å². The molecule has 1 aromatic carbocycles. The molecule has 0 radical (unpaired) electrons. The molecule has 0 aliphatic carbocycles. The van der Waals surface area contributed by atoms with Gasteiger partial charge in [0.15, 0.2) is 5.96 Å². The summed E-state index contributed by atoms with van der Waals surface area (Å²) in [6, 6.07) is 5.14. The van der Waals surface area contributed by atoms with Crippen LogP contribution in [0.1, 0.15) is 32.8 Å². The van der Waals surface area contributed by atoms with Crippen molar-refractivity contribution in [2.24, 2.45) is 10.9 Å². The quantitative estimate of drug-likeness (QED) is 0.214. The summed E-state index contributed by atoms with van der Waals surface area (Å²) in [5, 5.41) is 16.4. The molecule has 25 heavy (non-hydrogen) atoms. The summed E-state index contributed by atoms with van der Waals surface area (Å²) in [5.41, 5.74) is 0.729. The van der Waals surface area contributed by atoms with Crippen LogP contribution in [0.4, 0.5) is 0 Å². The molecule has 0 atom stereocenters. The SMILES string of the molecule is CCNC(=NCc1cc(OC)ccc1O)NCCCOCC(C)C.I. The number of ether oxygens (including phenoxy) is 2. The highest BCUT2D eigenvalue weighted by atomic mass is 127. The van der Waals surface area contributed by atoms with Crippen LogP contribution < -0.4 is 15.4 Å². The second-order valence-electron chi connectivity index (χ2n) is 5.94. The van der Waals surface area contributed by atoms with Crippen molar-refractivity contribution in [2.45, 2.75) is 33.7 Å². The molecule has 0 bridgehead atoms. The molecule has 0 fully saturated rings. The fourth-order valence-corrected chi connectivity index (χ4v) is 2.02. The van der Waals surface area contributed by atoms with E-state index in [-0.39, 0.29) is 29.7 Å². The Morgan fingerprint density at radius 1 is 1.28 bits per heavy atom. The molecular weight excluding hydrogens is 433 g/mol. The van der Waals surface area contributed by atoms with Crippen LogP contribution in [0.3, 0.4) is 0 Å². The summed E-state index contributed by atoms with van der Waals surface area (Å²) < 4.78 is 10.7. The van der Waals surface area contributed by atoms with E-state index >= 15 is 0 Å². The number of aromatic hydroxyl groups is 1. The van der Waals surface area contributed by atoms with Crippen LogP contribution in [0, 0.1) is 5.92 Å². The van der Waals surface area contributed by atoms with E-state index in [1.807, 2.05) is 6.92 Å². The third-order valence-corrected chi connectivity index (χ3v) is 3.25. The number of aliphatic imine (C=N–C) groups is 1. The van der Waals surface area contributed by atoms with Gasteiger partial charge in [-0.15, -0.1) is 24.0 Å². The van der Waals surface area contributed by atoms with E-state index in [1.165, 1.54) is 0 Å². The molecule has 0 saturated carbocycles. The highest BCUT2D eigenvalue weighted by molar-refractivity contribution is 14.0. The molecule has 0 aliphatic heterocycles. The number of methoxy groups -OCH3 is 1. The smallest absolute Gasteiger partial charge is 0.191 e. The number of phenolic OH excluding ortho intramolecular Hbond substituents is 1. The van der Waals surface area contributed by atoms with E-state index < -0.39 is 0 Å². The Morgan fingerprint density at radius 2 is 2.04 bits per heavy atom. The molecule has 0 amide bonds. The van der Waals surface area contributed by atoms with Gasteiger partial charge in [-0.05, 0) is 37.5 Å². The molecule has 0 heterocycles. The number of hydrogen-bond acceptors (Lipinski definition) is 4. The van der Waals surface area contributed by atoms with Crippen LogP contribution in [0.25, 0.3) is 0 Å². The minimum atomic E-state index is 0. The Labute approximate surface area is 168 Å². The Bertz CT molecular complexity index is 510. The Kier molecular flexibility index (Phi) is 13.3. The normalized spacial score (nSPS) is 11.2. The molecule has 3 N–H and O–H groups in total. The van der Waals surface area contributed by atoms with Crippen molar-refractivity contribution in [3.8, 4) is 11.5 Å². The molecule has 0 aromatic heterocycles. The number of nitrogens with zero attached hydrogens (tertiary/aromatic N) is 1. The highest BCUT2D eigenvalue weighted by Gasteiger charge is 2.04. The van der Waals surface area contributed by atoms with Crippen molar-refractivity contribution in [1.29, 1.82) is 0 Å². The number of halogens is 1. The van der Waals surface area contributed by atoms with Crippen molar-refractivity contribution in [1.82, 2.24) is 10.6 Å². The lowest BCUT2D eigenvalue weighted by Crippen LogP contribution is -2.38. The van der Waals surface area contributed by atoms with Crippen molar-refractivity contribution in [3.05, 3.63) is 23.8 Å². The van der Waals surface area contributed by atoms with Crippen LogP contribution in [0.15, 0.2) is 23.2 Å². The van der Waals surface area contributed by atoms with Crippen molar-refractivity contribution in [2.75, 3.05) is 33.4 Å². The maximum absolute atomic E-state index is 9.91. The average molecular weight is 465 g/mol. The first-order valence-electron chi connectivity index (χ1n) is 8.52. The molecule has 0 saturated heterocycles. The maximum Gasteiger partial charge on any atom is 0.191 e. The molecule has 1 rings (SSSR count). The first kappa shape index (κ1) is 23.8. The maximum atomic E-state index is 9.91. The summed E-state index contributed by atoms with van der Waals surface area (Å²) in [5.74, 6) is 2.21. The molecule has 0 unspecified atom stereocenters. The molecule has 7 heteroatoms. The van der Waals surface area contributed by atoms with E-state index in [0.717, 1.165) is 44.2 Å². The first-order chi connectivity index (χ1) is 11.6. The van der Waals surface area contributed by atoms with Gasteiger partial charge in [0, 0.05) is 31.9 Å². The number of benzene rings is 1. The van der Waals surface area contributed by atoms with Crippen LogP contribution in [0.5, 0.6) is 11.5 Å². The Morgan fingerprint density at radius 3 is 2.68 bits per heavy atom. The minimum Gasteiger partial charge on any atom is -0.508 e. The lowest BCUT2D eigenvalue weighted by Gasteiger charge is -2.12. The van der Waals surface area contributed by atoms with E-state index in [1.54, 1.807) is 25.3 Å². The molecular formula is C18H32IN3O3. The number of phenols is 1. The van der Waals surface area contributed by atoms with Crippen molar-refractivity contribution < 1.29 is 14.6 Å². The van der Waals surface area contributed by atoms with Gasteiger partial charge in [-0.3, -0.25) is 0 Å². The average Bonchev–Trinajstić information content (AvgIpc) is 2.56. The van der Waals surface area contributed by atoms with Gasteiger partial charge in [0.2, 0.25) is 0 Å². The van der Waals surface area contributed by atoms with Crippen LogP contribution in [-0.2, 0) is 11.3 Å². The van der Waals surface area contributed by atoms with Gasteiger partial charge in [0.25, 0.3) is 0 Å². The standard InChI is InChI=1S/C18H31N3O3.HI/c1-5-19-18(20-9-6-10-24-13-14(2)3)21-12-15-11-16(23-4)7-8-17(15)22;/h7-8,11,14,22H,5-6,9-10,12-13H2,1-4H3,(H2,19,20,21);1H. The summed E-state index contributed by atoms with van der Waals surface area (Å²) >= 11 is 0. The topological polar surface area (TPSA) is 75.1 Å². The van der Waals surface area contributed by atoms with Crippen LogP contribution in [0.2, 0.25) is 0 Å². The number of nitrogens with one attached hydrogen (secondary N) is 2. The Balaban J connectivity index is 0.00000576. The van der Waals surface area contributed by atoms with E-state index in [9.17, 15) is 5.11 Å².